The summed E-state index contributed by atoms with van der Waals surface area (Å²) in [7, 11) is 0. The van der Waals surface area contributed by atoms with E-state index in [2.05, 4.69) is 5.32 Å². The summed E-state index contributed by atoms with van der Waals surface area (Å²) >= 11 is 0. The van der Waals surface area contributed by atoms with Gasteiger partial charge in [0, 0.05) is 6.54 Å². The minimum absolute atomic E-state index is 0.210. The van der Waals surface area contributed by atoms with Gasteiger partial charge in [-0.25, -0.2) is 4.79 Å². The molecule has 0 aromatic carbocycles. The summed E-state index contributed by atoms with van der Waals surface area (Å²) in [5.41, 5.74) is -0.555. The van der Waals surface area contributed by atoms with Crippen molar-refractivity contribution in [2.24, 2.45) is 5.92 Å². The van der Waals surface area contributed by atoms with E-state index in [1.165, 1.54) is 0 Å². The number of rotatable bonds is 5. The van der Waals surface area contributed by atoms with E-state index in [1.807, 2.05) is 0 Å². The number of carbonyl (C=O) groups is 2. The van der Waals surface area contributed by atoms with Gasteiger partial charge < -0.3 is 15.2 Å². The van der Waals surface area contributed by atoms with Gasteiger partial charge in [0.25, 0.3) is 0 Å². The normalized spacial score (nSPS) is 12.4. The first-order valence-electron chi connectivity index (χ1n) is 5.35. The number of aliphatic carboxylic acids is 1. The molecule has 0 heterocycles. The topological polar surface area (TPSA) is 99.4 Å². The summed E-state index contributed by atoms with van der Waals surface area (Å²) in [6.07, 6.45) is 0.0899. The number of amides is 1. The van der Waals surface area contributed by atoms with Gasteiger partial charge in [0.2, 0.25) is 0 Å². The zero-order valence-electron chi connectivity index (χ0n) is 10.3. The molecular formula is C11H18N2O4. The quantitative estimate of drug-likeness (QED) is 0.712. The molecule has 6 heteroatoms. The monoisotopic (exact) mass is 242 g/mol. The maximum absolute atomic E-state index is 11.2. The van der Waals surface area contributed by atoms with E-state index in [1.54, 1.807) is 26.8 Å². The average Bonchev–Trinajstić information content (AvgIpc) is 2.14. The molecule has 17 heavy (non-hydrogen) atoms. The molecule has 2 N–H and O–H groups in total. The molecule has 6 nitrogen and oxygen atoms in total. The Bertz CT molecular complexity index is 314. The van der Waals surface area contributed by atoms with Crippen LogP contribution in [0.3, 0.4) is 0 Å². The number of alkyl carbamates (subject to hydrolysis) is 1. The van der Waals surface area contributed by atoms with Crippen molar-refractivity contribution in [2.75, 3.05) is 6.54 Å². The van der Waals surface area contributed by atoms with Crippen LogP contribution >= 0.6 is 0 Å². The van der Waals surface area contributed by atoms with Crippen LogP contribution in [-0.4, -0.2) is 29.3 Å². The number of hydrogen-bond donors (Lipinski definition) is 2. The number of hydrogen-bond acceptors (Lipinski definition) is 4. The van der Waals surface area contributed by atoms with Crippen molar-refractivity contribution in [2.45, 2.75) is 39.2 Å². The molecule has 0 bridgehead atoms. The van der Waals surface area contributed by atoms with Crippen molar-refractivity contribution in [3.05, 3.63) is 0 Å². The highest BCUT2D eigenvalue weighted by Crippen LogP contribution is 2.07. The number of carbonyl (C=O) groups excluding carboxylic acids is 1. The molecule has 0 aliphatic heterocycles. The van der Waals surface area contributed by atoms with E-state index in [-0.39, 0.29) is 6.42 Å². The highest BCUT2D eigenvalue weighted by Gasteiger charge is 2.17. The van der Waals surface area contributed by atoms with Gasteiger partial charge in [0.15, 0.2) is 0 Å². The van der Waals surface area contributed by atoms with E-state index in [0.29, 0.717) is 13.0 Å². The van der Waals surface area contributed by atoms with Crippen LogP contribution in [0.2, 0.25) is 0 Å². The second-order valence-corrected chi connectivity index (χ2v) is 4.59. The molecule has 1 unspecified atom stereocenters. The van der Waals surface area contributed by atoms with E-state index >= 15 is 0 Å². The van der Waals surface area contributed by atoms with Crippen LogP contribution in [-0.2, 0) is 9.53 Å². The predicted octanol–water partition coefficient (Wildman–Crippen LogP) is 1.52. The molecular weight excluding hydrogens is 224 g/mol. The summed E-state index contributed by atoms with van der Waals surface area (Å²) in [5, 5.41) is 19.6. The van der Waals surface area contributed by atoms with Crippen LogP contribution in [0, 0.1) is 17.2 Å². The number of nitrogens with zero attached hydrogens (tertiary/aromatic N) is 1. The van der Waals surface area contributed by atoms with Crippen LogP contribution in [0.5, 0.6) is 0 Å². The first kappa shape index (κ1) is 15.2. The maximum atomic E-state index is 11.2. The second-order valence-electron chi connectivity index (χ2n) is 4.59. The Hall–Kier alpha value is -1.77. The fraction of sp³-hybridized carbons (Fsp3) is 0.727. The molecule has 0 aromatic rings. The summed E-state index contributed by atoms with van der Waals surface area (Å²) < 4.78 is 4.99. The zero-order chi connectivity index (χ0) is 13.5. The van der Waals surface area contributed by atoms with E-state index in [9.17, 15) is 9.59 Å². The standard InChI is InChI=1S/C11H18N2O4/c1-11(2,3)17-10(16)13-6-4-5-8(7-12)9(14)15/h8H,4-6H2,1-3H3,(H,13,16)(H,14,15). The molecule has 0 saturated heterocycles. The van der Waals surface area contributed by atoms with E-state index in [0.717, 1.165) is 0 Å². The minimum Gasteiger partial charge on any atom is -0.480 e. The number of carboxylic acid groups (broad SMARTS) is 1. The first-order valence-corrected chi connectivity index (χ1v) is 5.35. The molecule has 0 fully saturated rings. The maximum Gasteiger partial charge on any atom is 0.407 e. The van der Waals surface area contributed by atoms with Gasteiger partial charge in [-0.2, -0.15) is 5.26 Å². The van der Waals surface area contributed by atoms with Crippen molar-refractivity contribution in [1.29, 1.82) is 5.26 Å². The predicted molar refractivity (Wildman–Crippen MR) is 60.2 cm³/mol. The molecule has 1 atom stereocenters. The van der Waals surface area contributed by atoms with Crippen molar-refractivity contribution in [3.8, 4) is 6.07 Å². The van der Waals surface area contributed by atoms with Gasteiger partial charge in [0.1, 0.15) is 11.5 Å². The van der Waals surface area contributed by atoms with Gasteiger partial charge in [-0.15, -0.1) is 0 Å². The first-order chi connectivity index (χ1) is 7.76. The van der Waals surface area contributed by atoms with Gasteiger partial charge in [0.05, 0.1) is 6.07 Å². The molecule has 1 amide bonds. The second kappa shape index (κ2) is 6.74. The third kappa shape index (κ3) is 8.08. The van der Waals surface area contributed by atoms with Gasteiger partial charge in [-0.05, 0) is 33.6 Å². The zero-order valence-corrected chi connectivity index (χ0v) is 10.3. The lowest BCUT2D eigenvalue weighted by Gasteiger charge is -2.19. The van der Waals surface area contributed by atoms with E-state index in [4.69, 9.17) is 15.1 Å². The van der Waals surface area contributed by atoms with Crippen LogP contribution in [0.4, 0.5) is 4.79 Å². The Morgan fingerprint density at radius 2 is 2.06 bits per heavy atom. The largest absolute Gasteiger partial charge is 0.480 e. The van der Waals surface area contributed by atoms with Crippen LogP contribution < -0.4 is 5.32 Å². The van der Waals surface area contributed by atoms with Crippen LogP contribution in [0.1, 0.15) is 33.6 Å². The third-order valence-electron chi connectivity index (χ3n) is 1.79. The number of carboxylic acids is 1. The Balaban J connectivity index is 3.76. The van der Waals surface area contributed by atoms with Crippen LogP contribution in [0.15, 0.2) is 0 Å². The van der Waals surface area contributed by atoms with Crippen molar-refractivity contribution < 1.29 is 19.4 Å². The number of ether oxygens (including phenoxy) is 1. The molecule has 0 aliphatic carbocycles. The smallest absolute Gasteiger partial charge is 0.407 e. The highest BCUT2D eigenvalue weighted by atomic mass is 16.6. The minimum atomic E-state index is -1.13. The molecule has 0 rings (SSSR count). The Labute approximate surface area is 101 Å². The Morgan fingerprint density at radius 1 is 1.47 bits per heavy atom. The van der Waals surface area contributed by atoms with Crippen molar-refractivity contribution in [3.63, 3.8) is 0 Å². The molecule has 0 aliphatic rings. The molecule has 0 radical (unpaired) electrons. The fourth-order valence-electron chi connectivity index (χ4n) is 1.05. The fourth-order valence-corrected chi connectivity index (χ4v) is 1.05. The van der Waals surface area contributed by atoms with Gasteiger partial charge in [-0.1, -0.05) is 0 Å². The van der Waals surface area contributed by atoms with Crippen molar-refractivity contribution in [1.82, 2.24) is 5.32 Å². The summed E-state index contributed by atoms with van der Waals surface area (Å²) in [5.74, 6) is -2.15. The molecule has 0 spiro atoms. The number of nitrogens with one attached hydrogen (secondary N) is 1. The lowest BCUT2D eigenvalue weighted by Crippen LogP contribution is -2.33. The lowest BCUT2D eigenvalue weighted by molar-refractivity contribution is -0.139. The Kier molecular flexibility index (Phi) is 6.03. The third-order valence-corrected chi connectivity index (χ3v) is 1.79. The number of nitriles is 1. The molecule has 0 aromatic heterocycles. The lowest BCUT2D eigenvalue weighted by atomic mass is 10.1. The SMILES string of the molecule is CC(C)(C)OC(=O)NCCCC(C#N)C(=O)O. The molecule has 96 valence electrons. The van der Waals surface area contributed by atoms with Gasteiger partial charge in [-0.3, -0.25) is 4.79 Å². The van der Waals surface area contributed by atoms with Crippen molar-refractivity contribution >= 4 is 12.1 Å². The van der Waals surface area contributed by atoms with Crippen LogP contribution in [0.25, 0.3) is 0 Å². The molecule has 0 saturated carbocycles. The highest BCUT2D eigenvalue weighted by molar-refractivity contribution is 5.72. The summed E-state index contributed by atoms with van der Waals surface area (Å²) in [4.78, 5) is 21.7. The average molecular weight is 242 g/mol. The summed E-state index contributed by atoms with van der Waals surface area (Å²) in [6.45, 7) is 5.55. The Morgan fingerprint density at radius 3 is 2.47 bits per heavy atom. The van der Waals surface area contributed by atoms with E-state index < -0.39 is 23.6 Å². The summed E-state index contributed by atoms with van der Waals surface area (Å²) in [6, 6.07) is 1.68. The van der Waals surface area contributed by atoms with Gasteiger partial charge >= 0.3 is 12.1 Å².